The zero-order valence-corrected chi connectivity index (χ0v) is 13.8. The van der Waals surface area contributed by atoms with Gasteiger partial charge in [-0.25, -0.2) is 0 Å². The second kappa shape index (κ2) is 6.55. The Kier molecular flexibility index (Phi) is 5.02. The average Bonchev–Trinajstić information content (AvgIpc) is 2.76. The van der Waals surface area contributed by atoms with Gasteiger partial charge in [0.25, 0.3) is 0 Å². The number of aryl methyl sites for hydroxylation is 1. The van der Waals surface area contributed by atoms with E-state index in [0.29, 0.717) is 6.04 Å². The Labute approximate surface area is 126 Å². The number of halogens is 1. The molecule has 1 aromatic heterocycles. The molecular formula is C15H18BrNOS. The quantitative estimate of drug-likeness (QED) is 0.875. The maximum absolute atomic E-state index is 5.27. The van der Waals surface area contributed by atoms with Crippen LogP contribution < -0.4 is 10.1 Å². The summed E-state index contributed by atoms with van der Waals surface area (Å²) in [6.07, 6.45) is 0.958. The minimum Gasteiger partial charge on any atom is -0.497 e. The van der Waals surface area contributed by atoms with Gasteiger partial charge in [-0.05, 0) is 60.1 Å². The first-order chi connectivity index (χ1) is 9.13. The molecule has 19 heavy (non-hydrogen) atoms. The molecule has 2 rings (SSSR count). The Morgan fingerprint density at radius 2 is 2.16 bits per heavy atom. The standard InChI is InChI=1S/C15H18BrNOS/c1-10-13(16)9-15(19-10)14(17-2)8-11-5-4-6-12(7-11)18-3/h4-7,9,14,17H,8H2,1-3H3. The molecule has 2 aromatic rings. The van der Waals surface area contributed by atoms with Gasteiger partial charge in [-0.2, -0.15) is 0 Å². The van der Waals surface area contributed by atoms with Gasteiger partial charge in [0.05, 0.1) is 7.11 Å². The van der Waals surface area contributed by atoms with Crippen molar-refractivity contribution in [3.8, 4) is 5.75 Å². The van der Waals surface area contributed by atoms with E-state index in [1.165, 1.54) is 19.8 Å². The van der Waals surface area contributed by atoms with Crippen LogP contribution in [0.3, 0.4) is 0 Å². The summed E-state index contributed by atoms with van der Waals surface area (Å²) in [5, 5.41) is 3.39. The summed E-state index contributed by atoms with van der Waals surface area (Å²) in [5.41, 5.74) is 1.28. The summed E-state index contributed by atoms with van der Waals surface area (Å²) in [5.74, 6) is 0.913. The number of rotatable bonds is 5. The number of likely N-dealkylation sites (N-methyl/N-ethyl adjacent to an activating group) is 1. The second-order valence-corrected chi connectivity index (χ2v) is 6.59. The van der Waals surface area contributed by atoms with Crippen LogP contribution in [0.5, 0.6) is 5.75 Å². The van der Waals surface area contributed by atoms with Crippen LogP contribution in [0.1, 0.15) is 21.4 Å². The number of methoxy groups -OCH3 is 1. The lowest BCUT2D eigenvalue weighted by molar-refractivity contribution is 0.414. The third kappa shape index (κ3) is 3.59. The molecule has 1 aromatic carbocycles. The first-order valence-electron chi connectivity index (χ1n) is 6.20. The Morgan fingerprint density at radius 3 is 2.74 bits per heavy atom. The maximum Gasteiger partial charge on any atom is 0.119 e. The minimum atomic E-state index is 0.335. The molecule has 0 aliphatic heterocycles. The van der Waals surface area contributed by atoms with Crippen LogP contribution in [0.4, 0.5) is 0 Å². The molecule has 2 nitrogen and oxygen atoms in total. The van der Waals surface area contributed by atoms with Crippen LogP contribution in [0, 0.1) is 6.92 Å². The highest BCUT2D eigenvalue weighted by atomic mass is 79.9. The van der Waals surface area contributed by atoms with Crippen molar-refractivity contribution in [1.29, 1.82) is 0 Å². The Hall–Kier alpha value is -0.840. The van der Waals surface area contributed by atoms with E-state index in [9.17, 15) is 0 Å². The Morgan fingerprint density at radius 1 is 1.37 bits per heavy atom. The van der Waals surface area contributed by atoms with Crippen LogP contribution in [0.25, 0.3) is 0 Å². The van der Waals surface area contributed by atoms with Crippen LogP contribution in [0.15, 0.2) is 34.8 Å². The summed E-state index contributed by atoms with van der Waals surface area (Å²) in [4.78, 5) is 2.68. The zero-order chi connectivity index (χ0) is 13.8. The van der Waals surface area contributed by atoms with E-state index in [0.717, 1.165) is 12.2 Å². The SMILES string of the molecule is CNC(Cc1cccc(OC)c1)c1cc(Br)c(C)s1. The molecule has 0 saturated heterocycles. The summed E-state index contributed by atoms with van der Waals surface area (Å²) in [7, 11) is 3.71. The molecule has 0 radical (unpaired) electrons. The van der Waals surface area contributed by atoms with E-state index < -0.39 is 0 Å². The van der Waals surface area contributed by atoms with E-state index in [2.05, 4.69) is 46.4 Å². The number of hydrogen-bond acceptors (Lipinski definition) is 3. The molecule has 0 aliphatic carbocycles. The molecule has 102 valence electrons. The van der Waals surface area contributed by atoms with E-state index in [4.69, 9.17) is 4.74 Å². The predicted octanol–water partition coefficient (Wildman–Crippen LogP) is 4.33. The van der Waals surface area contributed by atoms with Crippen molar-refractivity contribution < 1.29 is 4.74 Å². The molecule has 0 aliphatic rings. The Balaban J connectivity index is 2.18. The predicted molar refractivity (Wildman–Crippen MR) is 85.3 cm³/mol. The van der Waals surface area contributed by atoms with Gasteiger partial charge in [-0.15, -0.1) is 11.3 Å². The molecule has 0 spiro atoms. The van der Waals surface area contributed by atoms with Crippen molar-refractivity contribution in [2.24, 2.45) is 0 Å². The number of hydrogen-bond donors (Lipinski definition) is 1. The molecule has 1 heterocycles. The van der Waals surface area contributed by atoms with E-state index in [-0.39, 0.29) is 0 Å². The molecule has 4 heteroatoms. The maximum atomic E-state index is 5.27. The summed E-state index contributed by atoms with van der Waals surface area (Å²) >= 11 is 5.42. The highest BCUT2D eigenvalue weighted by molar-refractivity contribution is 9.10. The van der Waals surface area contributed by atoms with Gasteiger partial charge in [0.2, 0.25) is 0 Å². The molecule has 0 fully saturated rings. The van der Waals surface area contributed by atoms with Gasteiger partial charge in [-0.1, -0.05) is 12.1 Å². The van der Waals surface area contributed by atoms with E-state index >= 15 is 0 Å². The highest BCUT2D eigenvalue weighted by Gasteiger charge is 2.14. The fraction of sp³-hybridized carbons (Fsp3) is 0.333. The first-order valence-corrected chi connectivity index (χ1v) is 7.81. The van der Waals surface area contributed by atoms with E-state index in [1.54, 1.807) is 7.11 Å². The molecular weight excluding hydrogens is 322 g/mol. The second-order valence-electron chi connectivity index (χ2n) is 4.45. The molecule has 1 N–H and O–H groups in total. The Bertz CT molecular complexity index is 533. The van der Waals surface area contributed by atoms with Crippen molar-refractivity contribution in [3.63, 3.8) is 0 Å². The molecule has 0 saturated carbocycles. The van der Waals surface area contributed by atoms with Crippen LogP contribution in [-0.2, 0) is 6.42 Å². The number of thiophene rings is 1. The van der Waals surface area contributed by atoms with Crippen molar-refractivity contribution in [3.05, 3.63) is 50.1 Å². The van der Waals surface area contributed by atoms with Crippen molar-refractivity contribution in [1.82, 2.24) is 5.32 Å². The van der Waals surface area contributed by atoms with Gasteiger partial charge >= 0.3 is 0 Å². The van der Waals surface area contributed by atoms with Crippen molar-refractivity contribution in [2.45, 2.75) is 19.4 Å². The third-order valence-electron chi connectivity index (χ3n) is 3.14. The first kappa shape index (κ1) is 14.6. The summed E-state index contributed by atoms with van der Waals surface area (Å²) < 4.78 is 6.47. The van der Waals surface area contributed by atoms with Crippen LogP contribution in [0.2, 0.25) is 0 Å². The summed E-state index contributed by atoms with van der Waals surface area (Å²) in [6, 6.07) is 10.8. The molecule has 0 amide bonds. The molecule has 1 atom stereocenters. The smallest absolute Gasteiger partial charge is 0.119 e. The van der Waals surface area contributed by atoms with Gasteiger partial charge < -0.3 is 10.1 Å². The van der Waals surface area contributed by atoms with Crippen molar-refractivity contribution in [2.75, 3.05) is 14.2 Å². The monoisotopic (exact) mass is 339 g/mol. The van der Waals surface area contributed by atoms with Crippen molar-refractivity contribution >= 4 is 27.3 Å². The highest BCUT2D eigenvalue weighted by Crippen LogP contribution is 2.32. The number of benzene rings is 1. The normalized spacial score (nSPS) is 12.4. The minimum absolute atomic E-state index is 0.335. The molecule has 1 unspecified atom stereocenters. The van der Waals surface area contributed by atoms with Crippen LogP contribution in [-0.4, -0.2) is 14.2 Å². The number of ether oxygens (including phenoxy) is 1. The lowest BCUT2D eigenvalue weighted by Crippen LogP contribution is -2.17. The van der Waals surface area contributed by atoms with Gasteiger partial charge in [-0.3, -0.25) is 0 Å². The lowest BCUT2D eigenvalue weighted by Gasteiger charge is -2.15. The lowest BCUT2D eigenvalue weighted by atomic mass is 10.0. The summed E-state index contributed by atoms with van der Waals surface area (Å²) in [6.45, 7) is 2.14. The zero-order valence-electron chi connectivity index (χ0n) is 11.4. The van der Waals surface area contributed by atoms with E-state index in [1.807, 2.05) is 30.5 Å². The fourth-order valence-electron chi connectivity index (χ4n) is 2.03. The average molecular weight is 340 g/mol. The topological polar surface area (TPSA) is 21.3 Å². The fourth-order valence-corrected chi connectivity index (χ4v) is 3.70. The number of nitrogens with one attached hydrogen (secondary N) is 1. The largest absolute Gasteiger partial charge is 0.497 e. The molecule has 0 bridgehead atoms. The third-order valence-corrected chi connectivity index (χ3v) is 5.39. The van der Waals surface area contributed by atoms with Gasteiger partial charge in [0.15, 0.2) is 0 Å². The van der Waals surface area contributed by atoms with Gasteiger partial charge in [0, 0.05) is 20.3 Å². The van der Waals surface area contributed by atoms with Gasteiger partial charge in [0.1, 0.15) is 5.75 Å². The van der Waals surface area contributed by atoms with Crippen LogP contribution >= 0.6 is 27.3 Å².